The Bertz CT molecular complexity index is 598. The first-order chi connectivity index (χ1) is 11.8. The second kappa shape index (κ2) is 10.3. The lowest BCUT2D eigenvalue weighted by Gasteiger charge is -2.23. The summed E-state index contributed by atoms with van der Waals surface area (Å²) in [5.74, 6) is -1.09. The summed E-state index contributed by atoms with van der Waals surface area (Å²) in [4.78, 5) is 12.2. The molecule has 2 rings (SSSR count). The van der Waals surface area contributed by atoms with E-state index in [2.05, 4.69) is 10.6 Å². The van der Waals surface area contributed by atoms with E-state index < -0.39 is 29.8 Å². The first-order valence-electron chi connectivity index (χ1n) is 7.49. The number of nitrogens with one attached hydrogen (secondary N) is 2. The summed E-state index contributed by atoms with van der Waals surface area (Å²) in [6.45, 7) is 1.43. The third kappa shape index (κ3) is 7.26. The van der Waals surface area contributed by atoms with Crippen LogP contribution in [0.1, 0.15) is 12.0 Å². The summed E-state index contributed by atoms with van der Waals surface area (Å²) in [6, 6.07) is 2.42. The maximum Gasteiger partial charge on any atom is 0.416 e. The molecule has 0 spiro atoms. The fraction of sp³-hybridized carbons (Fsp3) is 0.533. The van der Waals surface area contributed by atoms with Gasteiger partial charge < -0.3 is 15.4 Å². The van der Waals surface area contributed by atoms with Crippen LogP contribution in [-0.4, -0.2) is 43.9 Å². The molecule has 1 aromatic rings. The summed E-state index contributed by atoms with van der Waals surface area (Å²) >= 11 is 0.690. The number of hydrogen-bond acceptors (Lipinski definition) is 4. The number of thioether (sulfide) groups is 1. The molecule has 1 aliphatic rings. The van der Waals surface area contributed by atoms with Gasteiger partial charge in [0.2, 0.25) is 12.3 Å². The van der Waals surface area contributed by atoms with Crippen molar-refractivity contribution < 1.29 is 31.5 Å². The van der Waals surface area contributed by atoms with Crippen molar-refractivity contribution in [1.29, 1.82) is 0 Å². The Balaban J connectivity index is 0.00000338. The monoisotopic (exact) mass is 420 g/mol. The molecule has 26 heavy (non-hydrogen) atoms. The van der Waals surface area contributed by atoms with Gasteiger partial charge in [0.1, 0.15) is 0 Å². The van der Waals surface area contributed by atoms with E-state index in [1.165, 1.54) is 0 Å². The molecule has 1 aliphatic heterocycles. The Morgan fingerprint density at radius 3 is 2.69 bits per heavy atom. The third-order valence-corrected chi connectivity index (χ3v) is 4.46. The minimum absolute atomic E-state index is 0. The third-order valence-electron chi connectivity index (χ3n) is 3.38. The van der Waals surface area contributed by atoms with Crippen LogP contribution in [0.3, 0.4) is 0 Å². The molecular weight excluding hydrogens is 403 g/mol. The summed E-state index contributed by atoms with van der Waals surface area (Å²) in [5, 5.41) is 5.45. The van der Waals surface area contributed by atoms with E-state index >= 15 is 0 Å². The van der Waals surface area contributed by atoms with E-state index in [0.717, 1.165) is 18.2 Å². The summed E-state index contributed by atoms with van der Waals surface area (Å²) in [6.07, 6.45) is -7.20. The van der Waals surface area contributed by atoms with Gasteiger partial charge in [0.15, 0.2) is 0 Å². The molecular formula is C15H18ClF5N2O2S. The lowest BCUT2D eigenvalue weighted by atomic mass is 10.1. The molecule has 1 saturated heterocycles. The van der Waals surface area contributed by atoms with Crippen molar-refractivity contribution in [3.63, 3.8) is 0 Å². The van der Waals surface area contributed by atoms with Crippen molar-refractivity contribution in [2.45, 2.75) is 30.0 Å². The second-order valence-electron chi connectivity index (χ2n) is 5.39. The first-order valence-corrected chi connectivity index (χ1v) is 8.47. The van der Waals surface area contributed by atoms with Crippen molar-refractivity contribution in [1.82, 2.24) is 5.32 Å². The summed E-state index contributed by atoms with van der Waals surface area (Å²) in [7, 11) is 0. The number of amides is 1. The molecule has 0 bridgehead atoms. The largest absolute Gasteiger partial charge is 0.416 e. The molecule has 148 valence electrons. The van der Waals surface area contributed by atoms with Crippen LogP contribution in [0, 0.1) is 0 Å². The van der Waals surface area contributed by atoms with Crippen molar-refractivity contribution >= 4 is 35.8 Å². The minimum atomic E-state index is -4.59. The summed E-state index contributed by atoms with van der Waals surface area (Å²) < 4.78 is 68.5. The van der Waals surface area contributed by atoms with Crippen LogP contribution < -0.4 is 10.6 Å². The SMILES string of the molecule is Cl.O=C(CC1COCCN1)Nc1cc(C(F)(F)F)ccc1SCC(F)F. The molecule has 2 N–H and O–H groups in total. The molecule has 1 amide bonds. The zero-order valence-electron chi connectivity index (χ0n) is 13.4. The molecule has 1 fully saturated rings. The second-order valence-corrected chi connectivity index (χ2v) is 6.45. The van der Waals surface area contributed by atoms with Gasteiger partial charge in [0.05, 0.1) is 30.2 Å². The van der Waals surface area contributed by atoms with Crippen LogP contribution in [0.25, 0.3) is 0 Å². The lowest BCUT2D eigenvalue weighted by molar-refractivity contribution is -0.137. The van der Waals surface area contributed by atoms with Gasteiger partial charge in [-0.15, -0.1) is 24.2 Å². The standard InChI is InChI=1S/C15H17F5N2O2S.ClH/c16-13(17)8-25-12-2-1-9(15(18,19)20)5-11(12)22-14(23)6-10-7-24-4-3-21-10;/h1-2,5,10,13,21H,3-4,6-8H2,(H,22,23);1H. The number of carbonyl (C=O) groups excluding carboxylic acids is 1. The quantitative estimate of drug-likeness (QED) is 0.543. The minimum Gasteiger partial charge on any atom is -0.378 e. The van der Waals surface area contributed by atoms with E-state index in [1.807, 2.05) is 0 Å². The number of halogens is 6. The van der Waals surface area contributed by atoms with Gasteiger partial charge in [0, 0.05) is 23.9 Å². The predicted octanol–water partition coefficient (Wildman–Crippen LogP) is 3.80. The van der Waals surface area contributed by atoms with E-state index in [-0.39, 0.29) is 35.5 Å². The van der Waals surface area contributed by atoms with Crippen molar-refractivity contribution in [2.75, 3.05) is 30.8 Å². The topological polar surface area (TPSA) is 50.4 Å². The number of alkyl halides is 5. The maximum atomic E-state index is 12.9. The van der Waals surface area contributed by atoms with Crippen LogP contribution >= 0.6 is 24.2 Å². The Morgan fingerprint density at radius 1 is 1.38 bits per heavy atom. The highest BCUT2D eigenvalue weighted by molar-refractivity contribution is 7.99. The van der Waals surface area contributed by atoms with Crippen molar-refractivity contribution in [3.8, 4) is 0 Å². The average Bonchev–Trinajstić information content (AvgIpc) is 2.53. The Labute approximate surface area is 157 Å². The van der Waals surface area contributed by atoms with Gasteiger partial charge in [-0.3, -0.25) is 4.79 Å². The van der Waals surface area contributed by atoms with E-state index in [9.17, 15) is 26.7 Å². The van der Waals surface area contributed by atoms with Gasteiger partial charge in [-0.25, -0.2) is 8.78 Å². The highest BCUT2D eigenvalue weighted by Crippen LogP contribution is 2.36. The fourth-order valence-electron chi connectivity index (χ4n) is 2.26. The van der Waals surface area contributed by atoms with Crippen LogP contribution in [0.5, 0.6) is 0 Å². The van der Waals surface area contributed by atoms with Crippen molar-refractivity contribution in [3.05, 3.63) is 23.8 Å². The maximum absolute atomic E-state index is 12.9. The molecule has 0 radical (unpaired) electrons. The van der Waals surface area contributed by atoms with Crippen LogP contribution in [0.2, 0.25) is 0 Å². The molecule has 0 aliphatic carbocycles. The lowest BCUT2D eigenvalue weighted by Crippen LogP contribution is -2.43. The molecule has 1 unspecified atom stereocenters. The Morgan fingerprint density at radius 2 is 2.12 bits per heavy atom. The molecule has 4 nitrogen and oxygen atoms in total. The normalized spacial score (nSPS) is 17.7. The molecule has 1 atom stereocenters. The Hall–Kier alpha value is -1.10. The van der Waals surface area contributed by atoms with Gasteiger partial charge in [-0.05, 0) is 18.2 Å². The van der Waals surface area contributed by atoms with Crippen LogP contribution in [-0.2, 0) is 15.7 Å². The van der Waals surface area contributed by atoms with E-state index in [1.54, 1.807) is 0 Å². The number of rotatable bonds is 6. The zero-order chi connectivity index (χ0) is 18.4. The number of anilines is 1. The highest BCUT2D eigenvalue weighted by Gasteiger charge is 2.31. The van der Waals surface area contributed by atoms with Crippen LogP contribution in [0.15, 0.2) is 23.1 Å². The molecule has 1 aromatic carbocycles. The predicted molar refractivity (Wildman–Crippen MR) is 91.3 cm³/mol. The van der Waals surface area contributed by atoms with Gasteiger partial charge in [-0.1, -0.05) is 0 Å². The number of morpholine rings is 1. The molecule has 0 saturated carbocycles. The highest BCUT2D eigenvalue weighted by atomic mass is 35.5. The van der Waals surface area contributed by atoms with Gasteiger partial charge >= 0.3 is 6.18 Å². The van der Waals surface area contributed by atoms with Gasteiger partial charge in [0.25, 0.3) is 0 Å². The van der Waals surface area contributed by atoms with Crippen LogP contribution in [0.4, 0.5) is 27.6 Å². The first kappa shape index (κ1) is 22.9. The van der Waals surface area contributed by atoms with E-state index in [4.69, 9.17) is 4.74 Å². The van der Waals surface area contributed by atoms with E-state index in [0.29, 0.717) is 31.5 Å². The zero-order valence-corrected chi connectivity index (χ0v) is 15.1. The molecule has 0 aromatic heterocycles. The number of hydrogen-bond donors (Lipinski definition) is 2. The van der Waals surface area contributed by atoms with Gasteiger partial charge in [-0.2, -0.15) is 13.2 Å². The smallest absolute Gasteiger partial charge is 0.378 e. The average molecular weight is 421 g/mol. The molecule has 1 heterocycles. The summed E-state index contributed by atoms with van der Waals surface area (Å²) in [5.41, 5.74) is -1.08. The molecule has 11 heteroatoms. The number of ether oxygens (including phenoxy) is 1. The Kier molecular flexibility index (Phi) is 9.08. The fourth-order valence-corrected chi connectivity index (χ4v) is 2.99. The van der Waals surface area contributed by atoms with Crippen molar-refractivity contribution in [2.24, 2.45) is 0 Å². The number of benzene rings is 1. The number of carbonyl (C=O) groups is 1.